The Kier molecular flexibility index (Phi) is 8.06. The van der Waals surface area contributed by atoms with Crippen LogP contribution in [-0.2, 0) is 4.79 Å². The third kappa shape index (κ3) is 5.96. The molecule has 180 valence electrons. The number of hydrogen-bond donors (Lipinski definition) is 4. The quantitative estimate of drug-likeness (QED) is 0.267. The number of ether oxygens (including phenoxy) is 1. The molecular weight excluding hydrogens is 456 g/mol. The summed E-state index contributed by atoms with van der Waals surface area (Å²) in [6, 6.07) is 8.24. The first-order valence-electron chi connectivity index (χ1n) is 10.2. The van der Waals surface area contributed by atoms with E-state index in [1.165, 1.54) is 50.0 Å². The van der Waals surface area contributed by atoms with Crippen LogP contribution in [0.15, 0.2) is 72.1 Å². The third-order valence-corrected chi connectivity index (χ3v) is 4.63. The molecule has 3 rings (SSSR count). The van der Waals surface area contributed by atoms with Crippen LogP contribution in [0.25, 0.3) is 11.1 Å². The Labute approximate surface area is 200 Å². The fraction of sp³-hybridized carbons (Fsp3) is 0.0833. The fourth-order valence-electron chi connectivity index (χ4n) is 3.06. The number of aliphatic imine (C=N–C) groups is 1. The average Bonchev–Trinajstić information content (AvgIpc) is 2.86. The normalized spacial score (nSPS) is 11.3. The third-order valence-electron chi connectivity index (χ3n) is 4.63. The number of anilines is 4. The Morgan fingerprint density at radius 3 is 2.69 bits per heavy atom. The van der Waals surface area contributed by atoms with Gasteiger partial charge in [0.1, 0.15) is 23.2 Å². The minimum Gasteiger partial charge on any atom is -0.496 e. The van der Waals surface area contributed by atoms with Crippen LogP contribution in [-0.4, -0.2) is 36.2 Å². The molecule has 0 radical (unpaired) electrons. The zero-order chi connectivity index (χ0) is 25.4. The highest BCUT2D eigenvalue weighted by Gasteiger charge is 2.19. The van der Waals surface area contributed by atoms with Gasteiger partial charge in [0.05, 0.1) is 24.1 Å². The van der Waals surface area contributed by atoms with Crippen molar-refractivity contribution < 1.29 is 18.3 Å². The monoisotopic (exact) mass is 479 g/mol. The fourth-order valence-corrected chi connectivity index (χ4v) is 3.06. The number of rotatable bonds is 9. The Hall–Kier alpha value is -4.80. The van der Waals surface area contributed by atoms with Crippen LogP contribution in [0.4, 0.5) is 31.9 Å². The maximum atomic E-state index is 14.9. The van der Waals surface area contributed by atoms with Gasteiger partial charge in [0.25, 0.3) is 0 Å². The van der Waals surface area contributed by atoms with Gasteiger partial charge in [-0.1, -0.05) is 12.6 Å². The second-order valence-electron chi connectivity index (χ2n) is 6.92. The first-order valence-corrected chi connectivity index (χ1v) is 10.2. The lowest BCUT2D eigenvalue weighted by Crippen LogP contribution is -2.10. The largest absolute Gasteiger partial charge is 0.496 e. The smallest absolute Gasteiger partial charge is 0.247 e. The molecule has 0 bridgehead atoms. The molecular formula is C24H23F2N7O2. The number of allylic oxidation sites excluding steroid dienone is 1. The molecule has 3 aromatic rings. The van der Waals surface area contributed by atoms with Crippen molar-refractivity contribution in [2.24, 2.45) is 10.7 Å². The SMILES string of the molecule is C=CC(=O)Nc1ccc(F)c(Nc2nc(N/C(C=NC)=C/N)ncc2-c2c(F)cccc2OC)c1. The van der Waals surface area contributed by atoms with E-state index in [2.05, 4.69) is 37.5 Å². The number of nitrogens with one attached hydrogen (secondary N) is 3. The molecule has 0 aliphatic carbocycles. The van der Waals surface area contributed by atoms with E-state index in [0.29, 0.717) is 11.4 Å². The first-order chi connectivity index (χ1) is 16.9. The minimum atomic E-state index is -0.637. The summed E-state index contributed by atoms with van der Waals surface area (Å²) in [7, 11) is 2.96. The Morgan fingerprint density at radius 1 is 1.20 bits per heavy atom. The number of benzene rings is 2. The van der Waals surface area contributed by atoms with Crippen molar-refractivity contribution in [3.63, 3.8) is 0 Å². The first kappa shape index (κ1) is 24.8. The molecule has 0 saturated carbocycles. The predicted octanol–water partition coefficient (Wildman–Crippen LogP) is 4.21. The standard InChI is InChI=1S/C24H23F2N7O2/c1-4-21(34)30-14-8-9-17(25)19(10-14)32-23-16(22-18(26)6-5-7-20(22)35-3)13-29-24(33-23)31-15(11-27)12-28-2/h4-13H,1,27H2,2-3H3,(H,30,34)(H2,29,31,32,33)/b15-11+,28-12?. The lowest BCUT2D eigenvalue weighted by molar-refractivity contribution is -0.111. The van der Waals surface area contributed by atoms with Gasteiger partial charge in [0.2, 0.25) is 11.9 Å². The summed E-state index contributed by atoms with van der Waals surface area (Å²) in [6.45, 7) is 3.39. The average molecular weight is 479 g/mol. The van der Waals surface area contributed by atoms with Crippen LogP contribution in [0.1, 0.15) is 0 Å². The van der Waals surface area contributed by atoms with E-state index >= 15 is 0 Å². The van der Waals surface area contributed by atoms with Crippen molar-refractivity contribution in [1.82, 2.24) is 9.97 Å². The molecule has 9 nitrogen and oxygen atoms in total. The van der Waals surface area contributed by atoms with Crippen LogP contribution >= 0.6 is 0 Å². The summed E-state index contributed by atoms with van der Waals surface area (Å²) in [4.78, 5) is 24.2. The molecule has 0 unspecified atom stereocenters. The second kappa shape index (κ2) is 11.4. The summed E-state index contributed by atoms with van der Waals surface area (Å²) >= 11 is 0. The molecule has 0 atom stereocenters. The lowest BCUT2D eigenvalue weighted by Gasteiger charge is -2.16. The second-order valence-corrected chi connectivity index (χ2v) is 6.92. The molecule has 1 aromatic heterocycles. The van der Waals surface area contributed by atoms with Crippen molar-refractivity contribution in [2.75, 3.05) is 30.1 Å². The number of carbonyl (C=O) groups is 1. The zero-order valence-corrected chi connectivity index (χ0v) is 19.0. The van der Waals surface area contributed by atoms with Crippen LogP contribution in [0.3, 0.4) is 0 Å². The molecule has 0 spiro atoms. The van der Waals surface area contributed by atoms with Gasteiger partial charge in [-0.05, 0) is 36.4 Å². The van der Waals surface area contributed by atoms with Gasteiger partial charge in [-0.25, -0.2) is 13.8 Å². The summed E-state index contributed by atoms with van der Waals surface area (Å²) in [6.07, 6.45) is 5.17. The molecule has 1 amide bonds. The van der Waals surface area contributed by atoms with E-state index in [9.17, 15) is 13.6 Å². The number of hydrogen-bond acceptors (Lipinski definition) is 8. The Bertz CT molecular complexity index is 1310. The van der Waals surface area contributed by atoms with E-state index < -0.39 is 17.5 Å². The van der Waals surface area contributed by atoms with Crippen LogP contribution < -0.4 is 26.4 Å². The summed E-state index contributed by atoms with van der Waals surface area (Å²) in [5.41, 5.74) is 6.54. The van der Waals surface area contributed by atoms with Gasteiger partial charge in [-0.3, -0.25) is 9.79 Å². The number of nitrogens with zero attached hydrogens (tertiary/aromatic N) is 3. The van der Waals surface area contributed by atoms with Crippen LogP contribution in [0, 0.1) is 11.6 Å². The molecule has 1 heterocycles. The maximum Gasteiger partial charge on any atom is 0.247 e. The summed E-state index contributed by atoms with van der Waals surface area (Å²) in [5, 5.41) is 8.29. The van der Waals surface area contributed by atoms with Gasteiger partial charge < -0.3 is 26.4 Å². The molecule has 5 N–H and O–H groups in total. The van der Waals surface area contributed by atoms with Crippen molar-refractivity contribution in [2.45, 2.75) is 0 Å². The molecule has 2 aromatic carbocycles. The summed E-state index contributed by atoms with van der Waals surface area (Å²) in [5.74, 6) is -1.33. The zero-order valence-electron chi connectivity index (χ0n) is 19.0. The molecule has 0 aliphatic rings. The highest BCUT2D eigenvalue weighted by molar-refractivity contribution is 5.99. The number of halogens is 2. The van der Waals surface area contributed by atoms with E-state index in [0.717, 1.165) is 12.1 Å². The number of amides is 1. The minimum absolute atomic E-state index is 0.0298. The van der Waals surface area contributed by atoms with Gasteiger partial charge in [0.15, 0.2) is 0 Å². The van der Waals surface area contributed by atoms with Crippen molar-refractivity contribution in [3.8, 4) is 16.9 Å². The molecule has 35 heavy (non-hydrogen) atoms. The van der Waals surface area contributed by atoms with Gasteiger partial charge in [-0.15, -0.1) is 0 Å². The number of carbonyl (C=O) groups excluding carboxylic acids is 1. The van der Waals surface area contributed by atoms with Gasteiger partial charge in [-0.2, -0.15) is 4.98 Å². The maximum absolute atomic E-state index is 14.9. The van der Waals surface area contributed by atoms with E-state index in [1.807, 2.05) is 0 Å². The van der Waals surface area contributed by atoms with Gasteiger partial charge in [0, 0.05) is 36.9 Å². The van der Waals surface area contributed by atoms with Crippen molar-refractivity contribution in [1.29, 1.82) is 0 Å². The number of aromatic nitrogens is 2. The van der Waals surface area contributed by atoms with Crippen molar-refractivity contribution >= 4 is 35.3 Å². The molecule has 0 aliphatic heterocycles. The highest BCUT2D eigenvalue weighted by atomic mass is 19.1. The molecule has 11 heteroatoms. The van der Waals surface area contributed by atoms with E-state index in [-0.39, 0.29) is 34.3 Å². The Balaban J connectivity index is 2.13. The van der Waals surface area contributed by atoms with Crippen molar-refractivity contribution in [3.05, 3.63) is 78.8 Å². The highest BCUT2D eigenvalue weighted by Crippen LogP contribution is 2.38. The summed E-state index contributed by atoms with van der Waals surface area (Å²) < 4.78 is 34.9. The Morgan fingerprint density at radius 2 is 2.00 bits per heavy atom. The van der Waals surface area contributed by atoms with Crippen LogP contribution in [0.5, 0.6) is 5.75 Å². The molecule has 0 fully saturated rings. The van der Waals surface area contributed by atoms with Gasteiger partial charge >= 0.3 is 0 Å². The lowest BCUT2D eigenvalue weighted by atomic mass is 10.1. The number of nitrogens with two attached hydrogens (primary N) is 1. The van der Waals surface area contributed by atoms with E-state index in [1.54, 1.807) is 13.1 Å². The van der Waals surface area contributed by atoms with Crippen LogP contribution in [0.2, 0.25) is 0 Å². The topological polar surface area (TPSA) is 127 Å². The molecule has 0 saturated heterocycles. The number of methoxy groups -OCH3 is 1. The predicted molar refractivity (Wildman–Crippen MR) is 133 cm³/mol. The van der Waals surface area contributed by atoms with E-state index in [4.69, 9.17) is 10.5 Å².